The summed E-state index contributed by atoms with van der Waals surface area (Å²) >= 11 is 3.45. The Morgan fingerprint density at radius 1 is 1.19 bits per heavy atom. The zero-order valence-electron chi connectivity index (χ0n) is 8.40. The minimum Gasteiger partial charge on any atom is -0.320 e. The first-order valence-electron chi connectivity index (χ1n) is 4.94. The van der Waals surface area contributed by atoms with Crippen molar-refractivity contribution in [3.05, 3.63) is 46.8 Å². The minimum absolute atomic E-state index is 0.00412. The quantitative estimate of drug-likeness (QED) is 0.770. The van der Waals surface area contributed by atoms with Crippen LogP contribution in [-0.2, 0) is 5.75 Å². The van der Waals surface area contributed by atoms with Gasteiger partial charge in [0.25, 0.3) is 5.91 Å². The third-order valence-corrected chi connectivity index (χ3v) is 4.78. The molecule has 0 atom stereocenters. The molecular weight excluding hydrogens is 238 g/mol. The average molecular weight is 247 g/mol. The lowest BCUT2D eigenvalue weighted by Gasteiger charge is -2.13. The number of thioether (sulfide) groups is 1. The number of fused-ring (bicyclic) bond motifs is 2. The number of carbonyl (C=O) groups is 1. The second-order valence-corrected chi connectivity index (χ2v) is 5.68. The van der Waals surface area contributed by atoms with Gasteiger partial charge in [-0.1, -0.05) is 18.2 Å². The highest BCUT2D eigenvalue weighted by atomic mass is 32.2. The molecule has 2 heterocycles. The van der Waals surface area contributed by atoms with E-state index in [1.165, 1.54) is 4.21 Å². The van der Waals surface area contributed by atoms with Gasteiger partial charge in [-0.2, -0.15) is 0 Å². The van der Waals surface area contributed by atoms with E-state index < -0.39 is 0 Å². The van der Waals surface area contributed by atoms with Crippen LogP contribution < -0.4 is 5.32 Å². The fourth-order valence-corrected chi connectivity index (χ4v) is 3.70. The van der Waals surface area contributed by atoms with Crippen molar-refractivity contribution in [2.24, 2.45) is 0 Å². The third-order valence-electron chi connectivity index (χ3n) is 2.50. The van der Waals surface area contributed by atoms with Crippen molar-refractivity contribution < 1.29 is 4.79 Å². The Labute approximate surface area is 102 Å². The van der Waals surface area contributed by atoms with E-state index in [4.69, 9.17) is 0 Å². The highest BCUT2D eigenvalue weighted by Gasteiger charge is 2.17. The first-order chi connectivity index (χ1) is 7.84. The van der Waals surface area contributed by atoms with Gasteiger partial charge in [0.05, 0.1) is 9.90 Å². The monoisotopic (exact) mass is 247 g/mol. The maximum Gasteiger partial charge on any atom is 0.256 e. The van der Waals surface area contributed by atoms with Crippen molar-refractivity contribution in [1.29, 1.82) is 0 Å². The first-order valence-corrected chi connectivity index (χ1v) is 6.80. The number of anilines is 1. The molecule has 0 aliphatic carbocycles. The maximum atomic E-state index is 12.0. The second kappa shape index (κ2) is 3.96. The Hall–Kier alpha value is -1.26. The lowest BCUT2D eigenvalue weighted by Crippen LogP contribution is -2.15. The molecule has 2 nitrogen and oxygen atoms in total. The third kappa shape index (κ3) is 1.64. The van der Waals surface area contributed by atoms with E-state index in [0.717, 1.165) is 22.6 Å². The SMILES string of the molecule is O=C1Nc2ccsc2SCc2ccccc21. The van der Waals surface area contributed by atoms with E-state index in [2.05, 4.69) is 5.32 Å². The molecule has 1 aliphatic rings. The van der Waals surface area contributed by atoms with Crippen molar-refractivity contribution in [3.8, 4) is 0 Å². The summed E-state index contributed by atoms with van der Waals surface area (Å²) in [5.74, 6) is 0.854. The summed E-state index contributed by atoms with van der Waals surface area (Å²) in [6.45, 7) is 0. The minimum atomic E-state index is -0.00412. The molecule has 1 N–H and O–H groups in total. The van der Waals surface area contributed by atoms with Gasteiger partial charge in [-0.3, -0.25) is 4.79 Å². The van der Waals surface area contributed by atoms with Crippen LogP contribution in [0.3, 0.4) is 0 Å². The average Bonchev–Trinajstić information content (AvgIpc) is 2.72. The number of hydrogen-bond donors (Lipinski definition) is 1. The van der Waals surface area contributed by atoms with Crippen LogP contribution in [0.15, 0.2) is 39.9 Å². The number of rotatable bonds is 0. The van der Waals surface area contributed by atoms with E-state index in [1.807, 2.05) is 35.7 Å². The first kappa shape index (κ1) is 9.93. The van der Waals surface area contributed by atoms with Crippen molar-refractivity contribution >= 4 is 34.7 Å². The molecule has 0 bridgehead atoms. The van der Waals surface area contributed by atoms with Crippen LogP contribution in [0.4, 0.5) is 5.69 Å². The molecule has 4 heteroatoms. The van der Waals surface area contributed by atoms with E-state index in [9.17, 15) is 4.79 Å². The number of nitrogens with one attached hydrogen (secondary N) is 1. The molecule has 0 saturated heterocycles. The Morgan fingerprint density at radius 2 is 2.06 bits per heavy atom. The van der Waals surface area contributed by atoms with E-state index in [-0.39, 0.29) is 5.91 Å². The van der Waals surface area contributed by atoms with Gasteiger partial charge in [-0.25, -0.2) is 0 Å². The Kier molecular flexibility index (Phi) is 2.46. The number of benzene rings is 1. The highest BCUT2D eigenvalue weighted by Crippen LogP contribution is 2.37. The summed E-state index contributed by atoms with van der Waals surface area (Å²) in [6, 6.07) is 9.73. The molecule has 3 rings (SSSR count). The van der Waals surface area contributed by atoms with Gasteiger partial charge in [-0.05, 0) is 23.1 Å². The molecule has 1 amide bonds. The molecule has 0 unspecified atom stereocenters. The van der Waals surface area contributed by atoms with Crippen LogP contribution in [0, 0.1) is 0 Å². The fraction of sp³-hybridized carbons (Fsp3) is 0.0833. The standard InChI is InChI=1S/C12H9NOS2/c14-11-9-4-2-1-3-8(9)7-16-12-10(13-11)5-6-15-12/h1-6H,7H2,(H,13,14). The lowest BCUT2D eigenvalue weighted by atomic mass is 10.1. The van der Waals surface area contributed by atoms with Crippen LogP contribution >= 0.6 is 23.1 Å². The van der Waals surface area contributed by atoms with Gasteiger partial charge in [0.1, 0.15) is 0 Å². The van der Waals surface area contributed by atoms with Gasteiger partial charge in [0, 0.05) is 11.3 Å². The van der Waals surface area contributed by atoms with Crippen molar-refractivity contribution in [2.45, 2.75) is 9.96 Å². The van der Waals surface area contributed by atoms with Gasteiger partial charge in [-0.15, -0.1) is 23.1 Å². The summed E-state index contributed by atoms with van der Waals surface area (Å²) in [7, 11) is 0. The zero-order chi connectivity index (χ0) is 11.0. The predicted octanol–water partition coefficient (Wildman–Crippen LogP) is 3.61. The van der Waals surface area contributed by atoms with Crippen LogP contribution in [0.2, 0.25) is 0 Å². The molecule has 1 aromatic carbocycles. The van der Waals surface area contributed by atoms with Crippen molar-refractivity contribution in [2.75, 3.05) is 5.32 Å². The largest absolute Gasteiger partial charge is 0.320 e. The van der Waals surface area contributed by atoms with E-state index in [1.54, 1.807) is 23.1 Å². The summed E-state index contributed by atoms with van der Waals surface area (Å²) in [6.07, 6.45) is 0. The van der Waals surface area contributed by atoms with Crippen LogP contribution in [0.5, 0.6) is 0 Å². The summed E-state index contributed by atoms with van der Waals surface area (Å²) in [4.78, 5) is 12.0. The zero-order valence-corrected chi connectivity index (χ0v) is 10.0. The molecule has 80 valence electrons. The molecular formula is C12H9NOS2. The number of thiophene rings is 1. The highest BCUT2D eigenvalue weighted by molar-refractivity contribution is 8.00. The smallest absolute Gasteiger partial charge is 0.256 e. The molecule has 2 aromatic rings. The van der Waals surface area contributed by atoms with Crippen LogP contribution in [0.1, 0.15) is 15.9 Å². The van der Waals surface area contributed by atoms with Crippen LogP contribution in [-0.4, -0.2) is 5.91 Å². The number of amides is 1. The van der Waals surface area contributed by atoms with Gasteiger partial charge >= 0.3 is 0 Å². The molecule has 16 heavy (non-hydrogen) atoms. The van der Waals surface area contributed by atoms with Gasteiger partial charge in [0.2, 0.25) is 0 Å². The predicted molar refractivity (Wildman–Crippen MR) is 68.3 cm³/mol. The molecule has 0 radical (unpaired) electrons. The van der Waals surface area contributed by atoms with Crippen LogP contribution in [0.25, 0.3) is 0 Å². The van der Waals surface area contributed by atoms with Gasteiger partial charge in [0.15, 0.2) is 0 Å². The number of hydrogen-bond acceptors (Lipinski definition) is 3. The molecule has 1 aromatic heterocycles. The van der Waals surface area contributed by atoms with Crippen molar-refractivity contribution in [1.82, 2.24) is 0 Å². The Morgan fingerprint density at radius 3 is 3.00 bits per heavy atom. The fourth-order valence-electron chi connectivity index (χ4n) is 1.70. The molecule has 0 fully saturated rings. The summed E-state index contributed by atoms with van der Waals surface area (Å²) < 4.78 is 1.18. The topological polar surface area (TPSA) is 29.1 Å². The van der Waals surface area contributed by atoms with E-state index >= 15 is 0 Å². The molecule has 0 saturated carbocycles. The second-order valence-electron chi connectivity index (χ2n) is 3.52. The molecule has 0 spiro atoms. The summed E-state index contributed by atoms with van der Waals surface area (Å²) in [5.41, 5.74) is 2.82. The summed E-state index contributed by atoms with van der Waals surface area (Å²) in [5, 5.41) is 4.96. The van der Waals surface area contributed by atoms with Crippen molar-refractivity contribution in [3.63, 3.8) is 0 Å². The van der Waals surface area contributed by atoms with Gasteiger partial charge < -0.3 is 5.32 Å². The maximum absolute atomic E-state index is 12.0. The van der Waals surface area contributed by atoms with E-state index in [0.29, 0.717) is 0 Å². The normalized spacial score (nSPS) is 14.4. The lowest BCUT2D eigenvalue weighted by molar-refractivity contribution is 0.102. The molecule has 1 aliphatic heterocycles. The number of carbonyl (C=O) groups excluding carboxylic acids is 1. The Balaban J connectivity index is 2.07. The Bertz CT molecular complexity index is 547.